The highest BCUT2D eigenvalue weighted by atomic mass is 16.1. The van der Waals surface area contributed by atoms with Crippen LogP contribution in [0.4, 0.5) is 11.4 Å². The Morgan fingerprint density at radius 2 is 1.33 bits per heavy atom. The summed E-state index contributed by atoms with van der Waals surface area (Å²) >= 11 is 0. The molecule has 0 radical (unpaired) electrons. The van der Waals surface area contributed by atoms with Crippen LogP contribution in [0, 0.1) is 0 Å². The molecule has 3 rings (SSSR count). The molecule has 0 atom stereocenters. The molecule has 1 saturated heterocycles. The van der Waals surface area contributed by atoms with Gasteiger partial charge in [-0.3, -0.25) is 13.8 Å². The van der Waals surface area contributed by atoms with Crippen molar-refractivity contribution < 1.29 is 4.79 Å². The Bertz CT molecular complexity index is 664. The summed E-state index contributed by atoms with van der Waals surface area (Å²) < 4.78 is 1.57. The molecule has 1 amide bonds. The summed E-state index contributed by atoms with van der Waals surface area (Å²) in [6.45, 7) is 4.19. The highest BCUT2D eigenvalue weighted by Crippen LogP contribution is 2.30. The zero-order chi connectivity index (χ0) is 16.3. The molecule has 0 aliphatic carbocycles. The zero-order valence-corrected chi connectivity index (χ0v) is 14.4. The number of para-hydroxylation sites is 2. The normalized spacial score (nSPS) is 26.4. The molecular weight excluding hydrogens is 300 g/mol. The van der Waals surface area contributed by atoms with E-state index in [1.807, 2.05) is 18.2 Å². The van der Waals surface area contributed by atoms with Crippen molar-refractivity contribution in [2.45, 2.75) is 0 Å². The maximum Gasteiger partial charge on any atom is 0.273 e. The van der Waals surface area contributed by atoms with Gasteiger partial charge in [0, 0.05) is 0 Å². The Hall–Kier alpha value is -2.21. The summed E-state index contributed by atoms with van der Waals surface area (Å²) in [5.41, 5.74) is 8.08. The second-order valence-corrected chi connectivity index (χ2v) is 6.73. The van der Waals surface area contributed by atoms with Gasteiger partial charge in [-0.15, -0.1) is 0 Å². The van der Waals surface area contributed by atoms with Crippen LogP contribution >= 0.6 is 0 Å². The summed E-state index contributed by atoms with van der Waals surface area (Å²) in [4.78, 5) is 11.7. The zero-order valence-electron chi connectivity index (χ0n) is 14.4. The van der Waals surface area contributed by atoms with E-state index in [1.54, 1.807) is 0 Å². The number of nitrogens with two attached hydrogens (primary N) is 1. The molecule has 0 saturated carbocycles. The Balaban J connectivity index is 0.00000208. The number of amides is 1. The molecule has 128 valence electrons. The molecule has 1 fully saturated rings. The van der Waals surface area contributed by atoms with Gasteiger partial charge < -0.3 is 11.9 Å². The molecule has 0 spiro atoms. The number of carbonyl (C=O) groups excluding carboxylic acids is 1. The summed E-state index contributed by atoms with van der Waals surface area (Å²) in [6, 6.07) is 20.9. The first-order chi connectivity index (χ1) is 11.0. The van der Waals surface area contributed by atoms with Gasteiger partial charge in [-0.05, 0) is 24.3 Å². The lowest BCUT2D eigenvalue weighted by molar-refractivity contribution is -0.119. The average molecular weight is 328 g/mol. The third kappa shape index (κ3) is 3.48. The van der Waals surface area contributed by atoms with E-state index < -0.39 is 0 Å². The fourth-order valence-corrected chi connectivity index (χ4v) is 3.64. The molecule has 0 aromatic heterocycles. The Morgan fingerprint density at radius 3 is 1.79 bits per heavy atom. The molecule has 2 aromatic rings. The van der Waals surface area contributed by atoms with Gasteiger partial charge in [-0.2, -0.15) is 0 Å². The van der Waals surface area contributed by atoms with E-state index in [1.165, 1.54) is 11.4 Å². The number of nitrogens with zero attached hydrogens (tertiary/aromatic N) is 2. The Labute approximate surface area is 144 Å². The van der Waals surface area contributed by atoms with Crippen LogP contribution in [0.3, 0.4) is 0 Å². The number of quaternary nitrogens is 2. The van der Waals surface area contributed by atoms with E-state index in [0.717, 1.165) is 30.7 Å². The van der Waals surface area contributed by atoms with Crippen LogP contribution in [0.15, 0.2) is 60.7 Å². The van der Waals surface area contributed by atoms with Crippen molar-refractivity contribution in [3.8, 4) is 0 Å². The van der Waals surface area contributed by atoms with Crippen LogP contribution in [0.2, 0.25) is 0 Å². The number of hydrogen-bond donors (Lipinski definition) is 2. The fourth-order valence-electron chi connectivity index (χ4n) is 3.64. The first kappa shape index (κ1) is 18.1. The third-order valence-electron chi connectivity index (χ3n) is 5.19. The van der Waals surface area contributed by atoms with Crippen molar-refractivity contribution in [3.63, 3.8) is 0 Å². The predicted molar refractivity (Wildman–Crippen MR) is 101 cm³/mol. The molecular formula is C19H28N4O+2. The van der Waals surface area contributed by atoms with Crippen molar-refractivity contribution in [1.82, 2.24) is 15.1 Å². The van der Waals surface area contributed by atoms with Crippen molar-refractivity contribution in [2.75, 3.05) is 39.8 Å². The number of piperazine rings is 1. The van der Waals surface area contributed by atoms with E-state index in [-0.39, 0.29) is 12.1 Å². The molecule has 0 bridgehead atoms. The minimum Gasteiger partial charge on any atom is -0.365 e. The van der Waals surface area contributed by atoms with E-state index in [9.17, 15) is 4.79 Å². The van der Waals surface area contributed by atoms with Crippen molar-refractivity contribution >= 4 is 17.3 Å². The molecule has 0 unspecified atom stereocenters. The van der Waals surface area contributed by atoms with Crippen LogP contribution in [0.1, 0.15) is 0 Å². The van der Waals surface area contributed by atoms with Crippen LogP contribution in [-0.2, 0) is 4.79 Å². The summed E-state index contributed by atoms with van der Waals surface area (Å²) in [5, 5.41) is 0. The van der Waals surface area contributed by atoms with Gasteiger partial charge in [-0.25, -0.2) is 0 Å². The first-order valence-electron chi connectivity index (χ1n) is 8.14. The number of carbonyl (C=O) groups is 1. The fraction of sp³-hybridized carbons (Fsp3) is 0.316. The highest BCUT2D eigenvalue weighted by molar-refractivity contribution is 5.78. The molecule has 5 heteroatoms. The van der Waals surface area contributed by atoms with Crippen LogP contribution in [0.5, 0.6) is 0 Å². The lowest BCUT2D eigenvalue weighted by atomic mass is 10.1. The van der Waals surface area contributed by atoms with Gasteiger partial charge >= 0.3 is 0 Å². The van der Waals surface area contributed by atoms with Gasteiger partial charge in [0.15, 0.2) is 6.54 Å². The lowest BCUT2D eigenvalue weighted by Crippen LogP contribution is -2.68. The van der Waals surface area contributed by atoms with E-state index in [4.69, 9.17) is 5.73 Å². The lowest BCUT2D eigenvalue weighted by Gasteiger charge is -2.47. The Morgan fingerprint density at radius 1 is 0.875 bits per heavy atom. The number of rotatable bonds is 4. The van der Waals surface area contributed by atoms with Crippen molar-refractivity contribution in [2.24, 2.45) is 5.73 Å². The van der Waals surface area contributed by atoms with Crippen molar-refractivity contribution in [3.05, 3.63) is 60.7 Å². The second-order valence-electron chi connectivity index (χ2n) is 6.73. The van der Waals surface area contributed by atoms with E-state index >= 15 is 0 Å². The van der Waals surface area contributed by atoms with Crippen molar-refractivity contribution in [1.29, 1.82) is 0 Å². The molecule has 2 aromatic carbocycles. The van der Waals surface area contributed by atoms with Crippen LogP contribution in [-0.4, -0.2) is 45.7 Å². The monoisotopic (exact) mass is 328 g/mol. The average Bonchev–Trinajstić information content (AvgIpc) is 2.58. The van der Waals surface area contributed by atoms with Gasteiger partial charge in [0.2, 0.25) is 0 Å². The first-order valence-corrected chi connectivity index (χ1v) is 8.14. The summed E-state index contributed by atoms with van der Waals surface area (Å²) in [5.74, 6) is -0.232. The summed E-state index contributed by atoms with van der Waals surface area (Å²) in [6.07, 6.45) is 0. The topological polar surface area (TPSA) is 78.1 Å². The van der Waals surface area contributed by atoms with Crippen LogP contribution < -0.4 is 20.9 Å². The molecule has 5 nitrogen and oxygen atoms in total. The van der Waals surface area contributed by atoms with Gasteiger partial charge in [0.05, 0.1) is 7.05 Å². The number of likely N-dealkylation sites (N-methyl/N-ethyl adjacent to an activating group) is 1. The van der Waals surface area contributed by atoms with Gasteiger partial charge in [-0.1, -0.05) is 36.4 Å². The maximum absolute atomic E-state index is 11.7. The highest BCUT2D eigenvalue weighted by Gasteiger charge is 2.43. The summed E-state index contributed by atoms with van der Waals surface area (Å²) in [7, 11) is 2.28. The number of hydrogen-bond acceptors (Lipinski definition) is 2. The van der Waals surface area contributed by atoms with Gasteiger partial charge in [0.1, 0.15) is 37.6 Å². The minimum atomic E-state index is -0.232. The minimum absolute atomic E-state index is 0. The van der Waals surface area contributed by atoms with Crippen LogP contribution in [0.25, 0.3) is 0 Å². The Kier molecular flexibility index (Phi) is 5.39. The molecule has 24 heavy (non-hydrogen) atoms. The number of benzene rings is 2. The molecule has 5 N–H and O–H groups in total. The smallest absolute Gasteiger partial charge is 0.273 e. The molecule has 1 heterocycles. The standard InChI is InChI=1S/C19H24N3O.H3N/c1-21(17-8-4-2-5-9-17)12-14-22(15-13-21,16-19(20)23)18-10-6-3-7-11-18;/h2-11H,12-16H2,1H3,(H-,20,23);1H3/q+1;/p+1. The van der Waals surface area contributed by atoms with Gasteiger partial charge in [0.25, 0.3) is 5.91 Å². The SMILES string of the molecule is C[N+]1(c2ccccc2)CC[N+](CC(N)=O)(c2ccccc2)CC1.N. The number of primary amides is 1. The van der Waals surface area contributed by atoms with E-state index in [0.29, 0.717) is 11.0 Å². The largest absolute Gasteiger partial charge is 0.365 e. The molecule has 1 aliphatic rings. The second kappa shape index (κ2) is 7.13. The predicted octanol–water partition coefficient (Wildman–Crippen LogP) is 2.29. The maximum atomic E-state index is 11.7. The van der Waals surface area contributed by atoms with E-state index in [2.05, 4.69) is 49.5 Å². The quantitative estimate of drug-likeness (QED) is 0.845. The third-order valence-corrected chi connectivity index (χ3v) is 5.19. The molecule has 1 aliphatic heterocycles.